The lowest BCUT2D eigenvalue weighted by Crippen LogP contribution is -2.28. The zero-order valence-corrected chi connectivity index (χ0v) is 15.1. The number of rotatable bonds is 7. The van der Waals surface area contributed by atoms with Crippen LogP contribution >= 0.6 is 39.5 Å². The molecule has 0 amide bonds. The maximum Gasteiger partial charge on any atom is 0.123 e. The summed E-state index contributed by atoms with van der Waals surface area (Å²) in [6, 6.07) is 6.25. The predicted molar refractivity (Wildman–Crippen MR) is 95.2 cm³/mol. The van der Waals surface area contributed by atoms with E-state index in [9.17, 15) is 0 Å². The molecule has 1 unspecified atom stereocenters. The number of ether oxygens (including phenoxy) is 1. The van der Waals surface area contributed by atoms with Crippen molar-refractivity contribution in [3.63, 3.8) is 0 Å². The molecule has 0 aromatic heterocycles. The van der Waals surface area contributed by atoms with E-state index >= 15 is 0 Å². The first-order chi connectivity index (χ1) is 9.79. The van der Waals surface area contributed by atoms with Crippen LogP contribution in [0.5, 0.6) is 5.75 Å². The Labute approximate surface area is 138 Å². The summed E-state index contributed by atoms with van der Waals surface area (Å²) >= 11 is 7.71. The van der Waals surface area contributed by atoms with Gasteiger partial charge in [-0.2, -0.15) is 23.5 Å². The highest BCUT2D eigenvalue weighted by molar-refractivity contribution is 9.10. The van der Waals surface area contributed by atoms with Gasteiger partial charge in [0.2, 0.25) is 0 Å². The molecule has 1 heterocycles. The molecule has 5 heteroatoms. The van der Waals surface area contributed by atoms with Gasteiger partial charge in [-0.1, -0.05) is 22.9 Å². The molecule has 0 radical (unpaired) electrons. The molecule has 1 aromatic rings. The summed E-state index contributed by atoms with van der Waals surface area (Å²) < 4.78 is 6.93. The van der Waals surface area contributed by atoms with Gasteiger partial charge in [0, 0.05) is 45.6 Å². The van der Waals surface area contributed by atoms with Crippen molar-refractivity contribution in [2.75, 3.05) is 30.4 Å². The summed E-state index contributed by atoms with van der Waals surface area (Å²) in [7, 11) is 0. The fourth-order valence-corrected chi connectivity index (χ4v) is 5.12. The Kier molecular flexibility index (Phi) is 7.63. The van der Waals surface area contributed by atoms with Gasteiger partial charge >= 0.3 is 0 Å². The normalized spacial score (nSPS) is 19.0. The third-order valence-corrected chi connectivity index (χ3v) is 6.39. The fraction of sp³-hybridized carbons (Fsp3) is 0.600. The topological polar surface area (TPSA) is 21.3 Å². The van der Waals surface area contributed by atoms with Gasteiger partial charge in [-0.25, -0.2) is 0 Å². The Morgan fingerprint density at radius 1 is 1.40 bits per heavy atom. The average Bonchev–Trinajstić information content (AvgIpc) is 2.47. The highest BCUT2D eigenvalue weighted by Gasteiger charge is 2.14. The highest BCUT2D eigenvalue weighted by Crippen LogP contribution is 2.25. The molecule has 2 rings (SSSR count). The maximum absolute atomic E-state index is 5.81. The lowest BCUT2D eigenvalue weighted by atomic mass is 10.2. The number of nitrogens with one attached hydrogen (secondary N) is 1. The minimum Gasteiger partial charge on any atom is -0.493 e. The molecule has 1 saturated heterocycles. The Balaban J connectivity index is 1.85. The summed E-state index contributed by atoms with van der Waals surface area (Å²) in [5.74, 6) is 4.88. The standard InChI is InChI=1S/C15H22BrNOS2/c1-2-5-18-15-4-3-13(16)8-12(15)9-17-10-14-11-19-6-7-20-14/h3-4,8,14,17H,2,5-7,9-11H2,1H3. The Morgan fingerprint density at radius 2 is 2.30 bits per heavy atom. The van der Waals surface area contributed by atoms with Crippen molar-refractivity contribution in [3.8, 4) is 5.75 Å². The molecule has 1 atom stereocenters. The molecule has 1 aromatic carbocycles. The molecular formula is C15H22BrNOS2. The molecule has 0 saturated carbocycles. The van der Waals surface area contributed by atoms with E-state index in [0.717, 1.165) is 41.6 Å². The SMILES string of the molecule is CCCOc1ccc(Br)cc1CNCC1CSCCS1. The van der Waals surface area contributed by atoms with E-state index in [1.807, 2.05) is 6.07 Å². The largest absolute Gasteiger partial charge is 0.493 e. The van der Waals surface area contributed by atoms with Crippen LogP contribution in [0.3, 0.4) is 0 Å². The van der Waals surface area contributed by atoms with Crippen LogP contribution in [-0.2, 0) is 6.54 Å². The van der Waals surface area contributed by atoms with E-state index in [0.29, 0.717) is 0 Å². The lowest BCUT2D eigenvalue weighted by Gasteiger charge is -2.21. The van der Waals surface area contributed by atoms with E-state index in [4.69, 9.17) is 4.74 Å². The Bertz CT molecular complexity index is 411. The minimum atomic E-state index is 0.751. The first-order valence-electron chi connectivity index (χ1n) is 7.11. The van der Waals surface area contributed by atoms with Crippen molar-refractivity contribution in [2.45, 2.75) is 25.1 Å². The Hall–Kier alpha value is 0.160. The zero-order valence-electron chi connectivity index (χ0n) is 11.9. The van der Waals surface area contributed by atoms with Crippen molar-refractivity contribution in [2.24, 2.45) is 0 Å². The van der Waals surface area contributed by atoms with Crippen LogP contribution in [0, 0.1) is 0 Å². The van der Waals surface area contributed by atoms with Crippen molar-refractivity contribution in [1.82, 2.24) is 5.32 Å². The number of thioether (sulfide) groups is 2. The first kappa shape index (κ1) is 16.5. The summed E-state index contributed by atoms with van der Waals surface area (Å²) in [6.45, 7) is 4.87. The summed E-state index contributed by atoms with van der Waals surface area (Å²) in [4.78, 5) is 0. The molecule has 0 aliphatic carbocycles. The zero-order chi connectivity index (χ0) is 14.2. The van der Waals surface area contributed by atoms with Gasteiger partial charge in [-0.3, -0.25) is 0 Å². The molecule has 112 valence electrons. The van der Waals surface area contributed by atoms with Crippen LogP contribution in [0.25, 0.3) is 0 Å². The number of hydrogen-bond acceptors (Lipinski definition) is 4. The van der Waals surface area contributed by atoms with Gasteiger partial charge in [0.25, 0.3) is 0 Å². The second kappa shape index (κ2) is 9.23. The number of halogens is 1. The third kappa shape index (κ3) is 5.51. The van der Waals surface area contributed by atoms with E-state index in [1.54, 1.807) is 0 Å². The fourth-order valence-electron chi connectivity index (χ4n) is 2.06. The minimum absolute atomic E-state index is 0.751. The number of hydrogen-bond donors (Lipinski definition) is 1. The monoisotopic (exact) mass is 375 g/mol. The van der Waals surface area contributed by atoms with Crippen molar-refractivity contribution < 1.29 is 4.74 Å². The third-order valence-electron chi connectivity index (χ3n) is 3.06. The van der Waals surface area contributed by atoms with Crippen LogP contribution in [0.15, 0.2) is 22.7 Å². The smallest absolute Gasteiger partial charge is 0.123 e. The van der Waals surface area contributed by atoms with Gasteiger partial charge in [0.05, 0.1) is 6.61 Å². The molecule has 1 N–H and O–H groups in total. The van der Waals surface area contributed by atoms with Gasteiger partial charge < -0.3 is 10.1 Å². The quantitative estimate of drug-likeness (QED) is 0.771. The highest BCUT2D eigenvalue weighted by atomic mass is 79.9. The van der Waals surface area contributed by atoms with Crippen LogP contribution in [0.4, 0.5) is 0 Å². The molecule has 1 aliphatic rings. The second-order valence-electron chi connectivity index (χ2n) is 4.80. The predicted octanol–water partition coefficient (Wildman–Crippen LogP) is 4.18. The summed E-state index contributed by atoms with van der Waals surface area (Å²) in [5, 5.41) is 4.33. The molecule has 0 spiro atoms. The van der Waals surface area contributed by atoms with Crippen LogP contribution in [0.1, 0.15) is 18.9 Å². The van der Waals surface area contributed by atoms with Crippen LogP contribution in [0.2, 0.25) is 0 Å². The molecule has 0 bridgehead atoms. The van der Waals surface area contributed by atoms with E-state index in [1.165, 1.54) is 22.8 Å². The second-order valence-corrected chi connectivity index (χ2v) is 8.27. The maximum atomic E-state index is 5.81. The van der Waals surface area contributed by atoms with Crippen LogP contribution in [-0.4, -0.2) is 35.7 Å². The van der Waals surface area contributed by atoms with Gasteiger partial charge in [0.1, 0.15) is 5.75 Å². The first-order valence-corrected chi connectivity index (χ1v) is 10.1. The van der Waals surface area contributed by atoms with Crippen LogP contribution < -0.4 is 10.1 Å². The average molecular weight is 376 g/mol. The van der Waals surface area contributed by atoms with E-state index < -0.39 is 0 Å². The molecule has 2 nitrogen and oxygen atoms in total. The van der Waals surface area contributed by atoms with Crippen molar-refractivity contribution in [1.29, 1.82) is 0 Å². The molecule has 1 fully saturated rings. The molecule has 1 aliphatic heterocycles. The van der Waals surface area contributed by atoms with Gasteiger partial charge in [0.15, 0.2) is 0 Å². The lowest BCUT2D eigenvalue weighted by molar-refractivity contribution is 0.313. The summed E-state index contributed by atoms with van der Waals surface area (Å²) in [5.41, 5.74) is 1.24. The van der Waals surface area contributed by atoms with Crippen molar-refractivity contribution in [3.05, 3.63) is 28.2 Å². The Morgan fingerprint density at radius 3 is 3.05 bits per heavy atom. The van der Waals surface area contributed by atoms with E-state index in [-0.39, 0.29) is 0 Å². The van der Waals surface area contributed by atoms with E-state index in [2.05, 4.69) is 63.8 Å². The molecular weight excluding hydrogens is 354 g/mol. The van der Waals surface area contributed by atoms with Crippen molar-refractivity contribution >= 4 is 39.5 Å². The van der Waals surface area contributed by atoms with Gasteiger partial charge in [-0.15, -0.1) is 0 Å². The van der Waals surface area contributed by atoms with Gasteiger partial charge in [-0.05, 0) is 24.6 Å². The number of benzene rings is 1. The molecule has 20 heavy (non-hydrogen) atoms. The summed E-state index contributed by atoms with van der Waals surface area (Å²) in [6.07, 6.45) is 1.04.